The molecule has 0 aromatic heterocycles. The van der Waals surface area contributed by atoms with Crippen LogP contribution in [0, 0.1) is 0 Å². The van der Waals surface area contributed by atoms with Crippen molar-refractivity contribution >= 4 is 11.9 Å². The zero-order valence-corrected chi connectivity index (χ0v) is 14.8. The Morgan fingerprint density at radius 1 is 1.25 bits per heavy atom. The molecule has 2 heterocycles. The van der Waals surface area contributed by atoms with Crippen molar-refractivity contribution in [1.29, 1.82) is 0 Å². The molecule has 3 rings (SSSR count). The SMILES string of the molecule is CCNC(=NCCCC(=O)OC1CCCC1)NC1CC2CCC1O2. The van der Waals surface area contributed by atoms with E-state index in [9.17, 15) is 4.79 Å². The number of aliphatic imine (C=N–C) groups is 1. The maximum absolute atomic E-state index is 11.8. The summed E-state index contributed by atoms with van der Waals surface area (Å²) in [6.07, 6.45) is 9.97. The monoisotopic (exact) mass is 337 g/mol. The van der Waals surface area contributed by atoms with Gasteiger partial charge in [-0.2, -0.15) is 0 Å². The molecule has 2 saturated heterocycles. The average Bonchev–Trinajstić information content (AvgIpc) is 3.29. The highest BCUT2D eigenvalue weighted by Gasteiger charge is 2.41. The van der Waals surface area contributed by atoms with Gasteiger partial charge in [0.1, 0.15) is 6.10 Å². The van der Waals surface area contributed by atoms with E-state index < -0.39 is 0 Å². The molecule has 0 radical (unpaired) electrons. The molecule has 2 aliphatic heterocycles. The molecule has 3 fully saturated rings. The van der Waals surface area contributed by atoms with Crippen LogP contribution in [0.2, 0.25) is 0 Å². The van der Waals surface area contributed by atoms with Crippen molar-refractivity contribution in [3.05, 3.63) is 0 Å². The van der Waals surface area contributed by atoms with E-state index in [0.717, 1.165) is 44.6 Å². The third-order valence-corrected chi connectivity index (χ3v) is 5.18. The molecule has 3 atom stereocenters. The number of fused-ring (bicyclic) bond motifs is 2. The first-order valence-corrected chi connectivity index (χ1v) is 9.64. The van der Waals surface area contributed by atoms with Crippen molar-refractivity contribution in [2.45, 2.75) is 89.1 Å². The van der Waals surface area contributed by atoms with E-state index in [1.54, 1.807) is 0 Å². The third-order valence-electron chi connectivity index (χ3n) is 5.18. The van der Waals surface area contributed by atoms with Crippen molar-refractivity contribution in [3.8, 4) is 0 Å². The van der Waals surface area contributed by atoms with Gasteiger partial charge in [0.05, 0.1) is 18.2 Å². The zero-order chi connectivity index (χ0) is 16.8. The Morgan fingerprint density at radius 2 is 2.08 bits per heavy atom. The van der Waals surface area contributed by atoms with E-state index >= 15 is 0 Å². The lowest BCUT2D eigenvalue weighted by atomic mass is 9.96. The standard InChI is InChI=1S/C18H31N3O3/c1-2-19-18(21-15-12-14-9-10-16(15)23-14)20-11-5-8-17(22)24-13-6-3-4-7-13/h13-16H,2-12H2,1H3,(H2,19,20,21). The number of carbonyl (C=O) groups is 1. The Bertz CT molecular complexity index is 449. The van der Waals surface area contributed by atoms with Crippen molar-refractivity contribution < 1.29 is 14.3 Å². The number of hydrogen-bond acceptors (Lipinski definition) is 4. The summed E-state index contributed by atoms with van der Waals surface area (Å²) in [5.41, 5.74) is 0. The van der Waals surface area contributed by atoms with Crippen LogP contribution >= 0.6 is 0 Å². The minimum atomic E-state index is -0.0726. The van der Waals surface area contributed by atoms with Gasteiger partial charge in [-0.3, -0.25) is 9.79 Å². The Balaban J connectivity index is 1.36. The molecular weight excluding hydrogens is 306 g/mol. The molecule has 3 unspecified atom stereocenters. The number of guanidine groups is 1. The largest absolute Gasteiger partial charge is 0.462 e. The number of hydrogen-bond donors (Lipinski definition) is 2. The fraction of sp³-hybridized carbons (Fsp3) is 0.889. The Hall–Kier alpha value is -1.30. The van der Waals surface area contributed by atoms with Crippen LogP contribution in [0.25, 0.3) is 0 Å². The molecule has 6 nitrogen and oxygen atoms in total. The number of ether oxygens (including phenoxy) is 2. The normalized spacial score (nSPS) is 29.9. The molecule has 3 aliphatic rings. The Kier molecular flexibility index (Phi) is 6.35. The second-order valence-corrected chi connectivity index (χ2v) is 7.12. The molecule has 1 saturated carbocycles. The first kappa shape index (κ1) is 17.5. The Morgan fingerprint density at radius 3 is 2.75 bits per heavy atom. The number of nitrogens with zero attached hydrogens (tertiary/aromatic N) is 1. The van der Waals surface area contributed by atoms with Crippen molar-refractivity contribution in [3.63, 3.8) is 0 Å². The maximum atomic E-state index is 11.8. The smallest absolute Gasteiger partial charge is 0.306 e. The van der Waals surface area contributed by atoms with Crippen molar-refractivity contribution in [2.75, 3.05) is 13.1 Å². The van der Waals surface area contributed by atoms with E-state index in [1.807, 2.05) is 0 Å². The molecule has 136 valence electrons. The minimum absolute atomic E-state index is 0.0726. The topological polar surface area (TPSA) is 72.0 Å². The second-order valence-electron chi connectivity index (χ2n) is 7.12. The van der Waals surface area contributed by atoms with Crippen LogP contribution < -0.4 is 10.6 Å². The first-order chi connectivity index (χ1) is 11.7. The van der Waals surface area contributed by atoms with Gasteiger partial charge >= 0.3 is 5.97 Å². The lowest BCUT2D eigenvalue weighted by molar-refractivity contribution is -0.148. The highest BCUT2D eigenvalue weighted by Crippen LogP contribution is 2.34. The summed E-state index contributed by atoms with van der Waals surface area (Å²) in [4.78, 5) is 16.4. The zero-order valence-electron chi connectivity index (χ0n) is 14.8. The van der Waals surface area contributed by atoms with Gasteiger partial charge in [0.25, 0.3) is 0 Å². The predicted molar refractivity (Wildman–Crippen MR) is 93.0 cm³/mol. The summed E-state index contributed by atoms with van der Waals surface area (Å²) in [6, 6.07) is 0.369. The van der Waals surface area contributed by atoms with E-state index in [1.165, 1.54) is 19.3 Å². The summed E-state index contributed by atoms with van der Waals surface area (Å²) in [5.74, 6) is 0.763. The highest BCUT2D eigenvalue weighted by molar-refractivity contribution is 5.80. The van der Waals surface area contributed by atoms with Crippen molar-refractivity contribution in [1.82, 2.24) is 10.6 Å². The van der Waals surface area contributed by atoms with Gasteiger partial charge in [0, 0.05) is 19.5 Å². The van der Waals surface area contributed by atoms with Gasteiger partial charge in [0.2, 0.25) is 0 Å². The second kappa shape index (κ2) is 8.70. The molecule has 6 heteroatoms. The van der Waals surface area contributed by atoms with Crippen LogP contribution in [0.4, 0.5) is 0 Å². The predicted octanol–water partition coefficient (Wildman–Crippen LogP) is 2.13. The fourth-order valence-electron chi connectivity index (χ4n) is 3.95. The number of esters is 1. The van der Waals surface area contributed by atoms with Gasteiger partial charge in [-0.25, -0.2) is 0 Å². The number of rotatable bonds is 7. The highest BCUT2D eigenvalue weighted by atomic mass is 16.5. The minimum Gasteiger partial charge on any atom is -0.462 e. The fourth-order valence-corrected chi connectivity index (χ4v) is 3.95. The lowest BCUT2D eigenvalue weighted by Crippen LogP contribution is -2.47. The van der Waals surface area contributed by atoms with E-state index in [-0.39, 0.29) is 12.1 Å². The van der Waals surface area contributed by atoms with Crippen LogP contribution in [-0.4, -0.2) is 49.4 Å². The van der Waals surface area contributed by atoms with Gasteiger partial charge < -0.3 is 20.1 Å². The average molecular weight is 337 g/mol. The summed E-state index contributed by atoms with van der Waals surface area (Å²) < 4.78 is 11.3. The molecule has 0 amide bonds. The lowest BCUT2D eigenvalue weighted by Gasteiger charge is -2.22. The summed E-state index contributed by atoms with van der Waals surface area (Å²) in [5, 5.41) is 6.78. The number of carbonyl (C=O) groups excluding carboxylic acids is 1. The maximum Gasteiger partial charge on any atom is 0.306 e. The van der Waals surface area contributed by atoms with Crippen LogP contribution in [0.15, 0.2) is 4.99 Å². The van der Waals surface area contributed by atoms with Gasteiger partial charge in [-0.1, -0.05) is 0 Å². The van der Waals surface area contributed by atoms with Crippen LogP contribution in [-0.2, 0) is 14.3 Å². The third kappa shape index (κ3) is 4.85. The Labute approximate surface area is 144 Å². The molecular formula is C18H31N3O3. The molecule has 24 heavy (non-hydrogen) atoms. The van der Waals surface area contributed by atoms with Crippen LogP contribution in [0.3, 0.4) is 0 Å². The van der Waals surface area contributed by atoms with E-state index in [4.69, 9.17) is 9.47 Å². The first-order valence-electron chi connectivity index (χ1n) is 9.64. The van der Waals surface area contributed by atoms with E-state index in [2.05, 4.69) is 22.5 Å². The van der Waals surface area contributed by atoms with E-state index in [0.29, 0.717) is 31.2 Å². The van der Waals surface area contributed by atoms with Crippen LogP contribution in [0.5, 0.6) is 0 Å². The number of nitrogens with one attached hydrogen (secondary N) is 2. The molecule has 1 aliphatic carbocycles. The summed E-state index contributed by atoms with van der Waals surface area (Å²) in [6.45, 7) is 3.53. The van der Waals surface area contributed by atoms with Crippen molar-refractivity contribution in [2.24, 2.45) is 4.99 Å². The molecule has 2 N–H and O–H groups in total. The van der Waals surface area contributed by atoms with Gasteiger partial charge in [-0.05, 0) is 58.3 Å². The van der Waals surface area contributed by atoms with Crippen LogP contribution in [0.1, 0.15) is 64.7 Å². The molecule has 2 bridgehead atoms. The molecule has 0 spiro atoms. The quantitative estimate of drug-likeness (QED) is 0.322. The van der Waals surface area contributed by atoms with Gasteiger partial charge in [0.15, 0.2) is 5.96 Å². The summed E-state index contributed by atoms with van der Waals surface area (Å²) in [7, 11) is 0. The molecule has 0 aromatic rings. The molecule has 0 aromatic carbocycles. The van der Waals surface area contributed by atoms with Gasteiger partial charge in [-0.15, -0.1) is 0 Å². The summed E-state index contributed by atoms with van der Waals surface area (Å²) >= 11 is 0.